The van der Waals surface area contributed by atoms with Crippen LogP contribution in [0.25, 0.3) is 11.3 Å². The molecule has 4 rings (SSSR count). The van der Waals surface area contributed by atoms with Crippen LogP contribution in [0.2, 0.25) is 0 Å². The van der Waals surface area contributed by atoms with Crippen LogP contribution in [-0.2, 0) is 10.0 Å². The van der Waals surface area contributed by atoms with Crippen molar-refractivity contribution in [1.29, 1.82) is 0 Å². The third kappa shape index (κ3) is 3.78. The number of rotatable bonds is 4. The molecule has 2 aromatic heterocycles. The standard InChI is InChI=1S/C19H19FN4O2S2/c1-14-2-7-19(27-14)28(25,26)24-10-8-23(9-11-24)18-12-17(21-13-22-18)15-3-5-16(20)6-4-15/h2-7,12-13H,8-11H2,1H3. The fraction of sp³-hybridized carbons (Fsp3) is 0.263. The van der Waals surface area contributed by atoms with Gasteiger partial charge in [-0.05, 0) is 43.3 Å². The first-order valence-corrected chi connectivity index (χ1v) is 11.1. The molecule has 6 nitrogen and oxygen atoms in total. The lowest BCUT2D eigenvalue weighted by atomic mass is 10.1. The second-order valence-electron chi connectivity index (χ2n) is 6.52. The SMILES string of the molecule is Cc1ccc(S(=O)(=O)N2CCN(c3cc(-c4ccc(F)cc4)ncn3)CC2)s1. The van der Waals surface area contributed by atoms with Gasteiger partial charge in [-0.3, -0.25) is 0 Å². The van der Waals surface area contributed by atoms with Gasteiger partial charge in [0.15, 0.2) is 0 Å². The molecule has 28 heavy (non-hydrogen) atoms. The molecule has 9 heteroatoms. The molecule has 1 saturated heterocycles. The van der Waals surface area contributed by atoms with Crippen molar-refractivity contribution >= 4 is 27.2 Å². The Labute approximate surface area is 167 Å². The highest BCUT2D eigenvalue weighted by Gasteiger charge is 2.30. The monoisotopic (exact) mass is 418 g/mol. The molecule has 0 radical (unpaired) electrons. The van der Waals surface area contributed by atoms with Gasteiger partial charge in [0, 0.05) is 42.7 Å². The summed E-state index contributed by atoms with van der Waals surface area (Å²) in [5, 5.41) is 0. The van der Waals surface area contributed by atoms with Crippen LogP contribution in [0.1, 0.15) is 4.88 Å². The Bertz CT molecular complexity index is 1080. The number of aromatic nitrogens is 2. The number of anilines is 1. The number of thiophene rings is 1. The van der Waals surface area contributed by atoms with E-state index < -0.39 is 10.0 Å². The Balaban J connectivity index is 1.48. The van der Waals surface area contributed by atoms with Crippen molar-refractivity contribution < 1.29 is 12.8 Å². The number of aryl methyl sites for hydroxylation is 1. The number of hydrogen-bond acceptors (Lipinski definition) is 6. The van der Waals surface area contributed by atoms with E-state index in [4.69, 9.17) is 0 Å². The highest BCUT2D eigenvalue weighted by atomic mass is 32.2. The minimum absolute atomic E-state index is 0.295. The summed E-state index contributed by atoms with van der Waals surface area (Å²) in [4.78, 5) is 11.6. The minimum Gasteiger partial charge on any atom is -0.354 e. The van der Waals surface area contributed by atoms with E-state index >= 15 is 0 Å². The number of nitrogens with zero attached hydrogens (tertiary/aromatic N) is 4. The van der Waals surface area contributed by atoms with Gasteiger partial charge >= 0.3 is 0 Å². The molecule has 146 valence electrons. The second-order valence-corrected chi connectivity index (χ2v) is 9.98. The Morgan fingerprint density at radius 3 is 2.36 bits per heavy atom. The smallest absolute Gasteiger partial charge is 0.252 e. The molecule has 0 atom stereocenters. The highest BCUT2D eigenvalue weighted by molar-refractivity contribution is 7.91. The minimum atomic E-state index is -3.45. The van der Waals surface area contributed by atoms with E-state index in [-0.39, 0.29) is 5.82 Å². The van der Waals surface area contributed by atoms with Crippen LogP contribution >= 0.6 is 11.3 Å². The predicted molar refractivity (Wildman–Crippen MR) is 107 cm³/mol. The Morgan fingerprint density at radius 2 is 1.71 bits per heavy atom. The molecular formula is C19H19FN4O2S2. The van der Waals surface area contributed by atoms with E-state index in [1.165, 1.54) is 34.1 Å². The van der Waals surface area contributed by atoms with Gasteiger partial charge in [0.05, 0.1) is 5.69 Å². The highest BCUT2D eigenvalue weighted by Crippen LogP contribution is 2.26. The van der Waals surface area contributed by atoms with Crippen LogP contribution in [0.15, 0.2) is 53.0 Å². The summed E-state index contributed by atoms with van der Waals surface area (Å²) in [5.74, 6) is 0.439. The molecule has 0 spiro atoms. The van der Waals surface area contributed by atoms with Crippen molar-refractivity contribution in [1.82, 2.24) is 14.3 Å². The number of piperazine rings is 1. The molecule has 0 saturated carbocycles. The van der Waals surface area contributed by atoms with E-state index in [9.17, 15) is 12.8 Å². The molecule has 3 aromatic rings. The first kappa shape index (κ1) is 19.0. The summed E-state index contributed by atoms with van der Waals surface area (Å²) >= 11 is 1.30. The van der Waals surface area contributed by atoms with Gasteiger partial charge in [0.1, 0.15) is 22.2 Å². The number of sulfonamides is 1. The summed E-state index contributed by atoms with van der Waals surface area (Å²) in [6.45, 7) is 3.78. The van der Waals surface area contributed by atoms with Crippen LogP contribution in [-0.4, -0.2) is 48.9 Å². The van der Waals surface area contributed by atoms with Crippen molar-refractivity contribution in [2.45, 2.75) is 11.1 Å². The third-order valence-electron chi connectivity index (χ3n) is 4.67. The lowest BCUT2D eigenvalue weighted by Crippen LogP contribution is -2.48. The largest absolute Gasteiger partial charge is 0.354 e. The van der Waals surface area contributed by atoms with Crippen molar-refractivity contribution in [3.8, 4) is 11.3 Å². The van der Waals surface area contributed by atoms with Crippen molar-refractivity contribution in [3.63, 3.8) is 0 Å². The van der Waals surface area contributed by atoms with Crippen LogP contribution in [0.5, 0.6) is 0 Å². The molecular weight excluding hydrogens is 399 g/mol. The zero-order valence-corrected chi connectivity index (χ0v) is 16.9. The van der Waals surface area contributed by atoms with Crippen LogP contribution in [0.4, 0.5) is 10.2 Å². The fourth-order valence-corrected chi connectivity index (χ4v) is 5.99. The summed E-state index contributed by atoms with van der Waals surface area (Å²) in [7, 11) is -3.45. The Morgan fingerprint density at radius 1 is 1.00 bits per heavy atom. The zero-order valence-electron chi connectivity index (χ0n) is 15.2. The average Bonchev–Trinajstić information content (AvgIpc) is 3.16. The molecule has 1 aliphatic heterocycles. The maximum Gasteiger partial charge on any atom is 0.252 e. The number of halogens is 1. The molecule has 3 heterocycles. The summed E-state index contributed by atoms with van der Waals surface area (Å²) in [6, 6.07) is 11.5. The zero-order chi connectivity index (χ0) is 19.7. The van der Waals surface area contributed by atoms with E-state index in [1.54, 1.807) is 18.2 Å². The normalized spacial score (nSPS) is 15.7. The van der Waals surface area contributed by atoms with E-state index in [0.717, 1.165) is 16.3 Å². The molecule has 0 amide bonds. The van der Waals surface area contributed by atoms with Crippen LogP contribution in [0.3, 0.4) is 0 Å². The average molecular weight is 419 g/mol. The van der Waals surface area contributed by atoms with E-state index in [2.05, 4.69) is 9.97 Å². The molecule has 1 aliphatic rings. The number of benzene rings is 1. The maximum absolute atomic E-state index is 13.1. The summed E-state index contributed by atoms with van der Waals surface area (Å²) < 4.78 is 40.6. The van der Waals surface area contributed by atoms with Crippen molar-refractivity contribution in [2.24, 2.45) is 0 Å². The third-order valence-corrected chi connectivity index (χ3v) is 8.03. The fourth-order valence-electron chi connectivity index (χ4n) is 3.13. The quantitative estimate of drug-likeness (QED) is 0.651. The lowest BCUT2D eigenvalue weighted by Gasteiger charge is -2.34. The van der Waals surface area contributed by atoms with Gasteiger partial charge in [-0.25, -0.2) is 22.8 Å². The van der Waals surface area contributed by atoms with E-state index in [0.29, 0.717) is 36.1 Å². The van der Waals surface area contributed by atoms with Gasteiger partial charge < -0.3 is 4.90 Å². The van der Waals surface area contributed by atoms with Gasteiger partial charge in [-0.1, -0.05) is 0 Å². The van der Waals surface area contributed by atoms with Crippen molar-refractivity contribution in [3.05, 3.63) is 59.5 Å². The van der Waals surface area contributed by atoms with Crippen molar-refractivity contribution in [2.75, 3.05) is 31.1 Å². The summed E-state index contributed by atoms with van der Waals surface area (Å²) in [6.07, 6.45) is 1.48. The molecule has 0 unspecified atom stereocenters. The first-order chi connectivity index (χ1) is 13.4. The summed E-state index contributed by atoms with van der Waals surface area (Å²) in [5.41, 5.74) is 1.51. The second kappa shape index (κ2) is 7.57. The van der Waals surface area contributed by atoms with Gasteiger partial charge in [0.2, 0.25) is 0 Å². The lowest BCUT2D eigenvalue weighted by molar-refractivity contribution is 0.385. The molecule has 1 fully saturated rings. The Hall–Kier alpha value is -2.36. The van der Waals surface area contributed by atoms with Gasteiger partial charge in [-0.15, -0.1) is 11.3 Å². The molecule has 1 aromatic carbocycles. The molecule has 0 bridgehead atoms. The molecule has 0 N–H and O–H groups in total. The number of hydrogen-bond donors (Lipinski definition) is 0. The predicted octanol–water partition coefficient (Wildman–Crippen LogP) is 3.16. The van der Waals surface area contributed by atoms with Crippen LogP contribution in [0, 0.1) is 12.7 Å². The van der Waals surface area contributed by atoms with Crippen LogP contribution < -0.4 is 4.90 Å². The van der Waals surface area contributed by atoms with Gasteiger partial charge in [0.25, 0.3) is 10.0 Å². The van der Waals surface area contributed by atoms with Gasteiger partial charge in [-0.2, -0.15) is 4.31 Å². The molecule has 0 aliphatic carbocycles. The Kier molecular flexibility index (Phi) is 5.13. The first-order valence-electron chi connectivity index (χ1n) is 8.83. The topological polar surface area (TPSA) is 66.4 Å². The maximum atomic E-state index is 13.1. The van der Waals surface area contributed by atoms with E-state index in [1.807, 2.05) is 24.0 Å².